The number of carbonyl (C=O) groups is 1. The van der Waals surface area contributed by atoms with Crippen molar-refractivity contribution in [2.75, 3.05) is 27.3 Å². The monoisotopic (exact) mass is 419 g/mol. The molecule has 1 saturated heterocycles. The molecule has 8 heteroatoms. The SMILES string of the molecule is COc1cc(OC)c2cc(C(=O)N3CCCC(c4nnc5ccccn45)C3)n(C)c2c1. The molecule has 1 unspecified atom stereocenters. The van der Waals surface area contributed by atoms with Gasteiger partial charge in [-0.2, -0.15) is 0 Å². The summed E-state index contributed by atoms with van der Waals surface area (Å²) in [6.45, 7) is 1.35. The summed E-state index contributed by atoms with van der Waals surface area (Å²) >= 11 is 0. The van der Waals surface area contributed by atoms with Crippen molar-refractivity contribution in [2.24, 2.45) is 7.05 Å². The van der Waals surface area contributed by atoms with Crippen LogP contribution in [0.3, 0.4) is 0 Å². The van der Waals surface area contributed by atoms with E-state index in [0.717, 1.165) is 41.8 Å². The first kappa shape index (κ1) is 19.4. The van der Waals surface area contributed by atoms with Crippen LogP contribution in [0.4, 0.5) is 0 Å². The van der Waals surface area contributed by atoms with Crippen LogP contribution in [0.1, 0.15) is 35.1 Å². The van der Waals surface area contributed by atoms with Gasteiger partial charge >= 0.3 is 0 Å². The molecule has 0 radical (unpaired) electrons. The fourth-order valence-corrected chi connectivity index (χ4v) is 4.54. The number of fused-ring (bicyclic) bond motifs is 2. The highest BCUT2D eigenvalue weighted by atomic mass is 16.5. The second-order valence-electron chi connectivity index (χ2n) is 7.93. The molecular weight excluding hydrogens is 394 g/mol. The largest absolute Gasteiger partial charge is 0.497 e. The van der Waals surface area contributed by atoms with Crippen molar-refractivity contribution in [3.8, 4) is 11.5 Å². The van der Waals surface area contributed by atoms with Gasteiger partial charge in [0.25, 0.3) is 5.91 Å². The average Bonchev–Trinajstić information content (AvgIpc) is 3.39. The number of likely N-dealkylation sites (tertiary alicyclic amines) is 1. The van der Waals surface area contributed by atoms with Gasteiger partial charge in [-0.3, -0.25) is 9.20 Å². The van der Waals surface area contributed by atoms with Crippen LogP contribution in [0.2, 0.25) is 0 Å². The molecule has 160 valence electrons. The lowest BCUT2D eigenvalue weighted by Gasteiger charge is -2.32. The van der Waals surface area contributed by atoms with Gasteiger partial charge < -0.3 is 18.9 Å². The third-order valence-corrected chi connectivity index (χ3v) is 6.19. The molecule has 1 aromatic carbocycles. The third-order valence-electron chi connectivity index (χ3n) is 6.19. The van der Waals surface area contributed by atoms with Crippen molar-refractivity contribution >= 4 is 22.5 Å². The summed E-state index contributed by atoms with van der Waals surface area (Å²) in [7, 11) is 5.15. The smallest absolute Gasteiger partial charge is 0.270 e. The molecule has 0 spiro atoms. The molecule has 1 aliphatic heterocycles. The molecule has 0 aliphatic carbocycles. The molecule has 1 aliphatic rings. The average molecular weight is 419 g/mol. The van der Waals surface area contributed by atoms with Crippen molar-refractivity contribution in [3.05, 3.63) is 54.1 Å². The quantitative estimate of drug-likeness (QED) is 0.508. The lowest BCUT2D eigenvalue weighted by Crippen LogP contribution is -2.40. The highest BCUT2D eigenvalue weighted by Gasteiger charge is 2.30. The Morgan fingerprint density at radius 1 is 1.13 bits per heavy atom. The summed E-state index contributed by atoms with van der Waals surface area (Å²) in [5.74, 6) is 2.46. The summed E-state index contributed by atoms with van der Waals surface area (Å²) in [5, 5.41) is 9.59. The van der Waals surface area contributed by atoms with Gasteiger partial charge in [-0.25, -0.2) is 0 Å². The van der Waals surface area contributed by atoms with Crippen LogP contribution >= 0.6 is 0 Å². The van der Waals surface area contributed by atoms with E-state index in [9.17, 15) is 4.79 Å². The van der Waals surface area contributed by atoms with Crippen LogP contribution in [0.5, 0.6) is 11.5 Å². The first-order valence-corrected chi connectivity index (χ1v) is 10.4. The van der Waals surface area contributed by atoms with Crippen molar-refractivity contribution in [3.63, 3.8) is 0 Å². The van der Waals surface area contributed by atoms with Gasteiger partial charge in [0.15, 0.2) is 5.65 Å². The fourth-order valence-electron chi connectivity index (χ4n) is 4.54. The first-order valence-electron chi connectivity index (χ1n) is 10.4. The molecule has 1 atom stereocenters. The standard InChI is InChI=1S/C23H25N5O3/c1-26-18-11-16(30-2)12-20(31-3)17(18)13-19(26)23(29)27-9-6-7-15(14-27)22-25-24-21-8-4-5-10-28(21)22/h4-5,8,10-13,15H,6-7,9,14H2,1-3H3. The number of pyridine rings is 1. The maximum Gasteiger partial charge on any atom is 0.270 e. The lowest BCUT2D eigenvalue weighted by molar-refractivity contribution is 0.0695. The number of hydrogen-bond donors (Lipinski definition) is 0. The Hall–Kier alpha value is -3.55. The molecule has 1 fully saturated rings. The third kappa shape index (κ3) is 3.19. The minimum absolute atomic E-state index is 0.0123. The number of hydrogen-bond acceptors (Lipinski definition) is 5. The van der Waals surface area contributed by atoms with Gasteiger partial charge in [-0.05, 0) is 31.0 Å². The Labute approximate surface area is 180 Å². The molecule has 31 heavy (non-hydrogen) atoms. The fraction of sp³-hybridized carbons (Fsp3) is 0.348. The van der Waals surface area contributed by atoms with E-state index in [1.807, 2.05) is 63.5 Å². The molecule has 4 heterocycles. The van der Waals surface area contributed by atoms with Crippen LogP contribution in [0.25, 0.3) is 16.6 Å². The van der Waals surface area contributed by atoms with E-state index in [1.54, 1.807) is 14.2 Å². The van der Waals surface area contributed by atoms with E-state index in [0.29, 0.717) is 23.7 Å². The van der Waals surface area contributed by atoms with Crippen LogP contribution in [0.15, 0.2) is 42.6 Å². The highest BCUT2D eigenvalue weighted by Crippen LogP contribution is 2.34. The molecule has 8 nitrogen and oxygen atoms in total. The van der Waals surface area contributed by atoms with E-state index in [-0.39, 0.29) is 11.8 Å². The van der Waals surface area contributed by atoms with Crippen molar-refractivity contribution in [1.29, 1.82) is 0 Å². The van der Waals surface area contributed by atoms with Gasteiger partial charge in [-0.1, -0.05) is 6.07 Å². The highest BCUT2D eigenvalue weighted by molar-refractivity contribution is 6.01. The van der Waals surface area contributed by atoms with Crippen LogP contribution in [-0.4, -0.2) is 57.3 Å². The number of benzene rings is 1. The number of piperidine rings is 1. The van der Waals surface area contributed by atoms with Gasteiger partial charge in [0.05, 0.1) is 19.7 Å². The van der Waals surface area contributed by atoms with Gasteiger partial charge in [0.2, 0.25) is 0 Å². The molecule has 0 saturated carbocycles. The Bertz CT molecular complexity index is 1280. The normalized spacial score (nSPS) is 16.7. The van der Waals surface area contributed by atoms with Crippen molar-refractivity contribution in [1.82, 2.24) is 24.1 Å². The first-order chi connectivity index (χ1) is 15.1. The van der Waals surface area contributed by atoms with Gasteiger partial charge in [0, 0.05) is 49.8 Å². The molecule has 0 bridgehead atoms. The lowest BCUT2D eigenvalue weighted by atomic mass is 9.97. The summed E-state index contributed by atoms with van der Waals surface area (Å²) in [5.41, 5.74) is 2.36. The minimum Gasteiger partial charge on any atom is -0.497 e. The van der Waals surface area contributed by atoms with Gasteiger partial charge in [0.1, 0.15) is 23.0 Å². The number of aryl methyl sites for hydroxylation is 1. The number of rotatable bonds is 4. The predicted molar refractivity (Wildman–Crippen MR) is 117 cm³/mol. The van der Waals surface area contributed by atoms with E-state index >= 15 is 0 Å². The van der Waals surface area contributed by atoms with Crippen LogP contribution in [0, 0.1) is 0 Å². The second kappa shape index (κ2) is 7.61. The number of ether oxygens (including phenoxy) is 2. The number of methoxy groups -OCH3 is 2. The Kier molecular flexibility index (Phi) is 4.77. The van der Waals surface area contributed by atoms with Crippen LogP contribution in [-0.2, 0) is 7.05 Å². The maximum atomic E-state index is 13.5. The zero-order valence-corrected chi connectivity index (χ0v) is 17.9. The number of aromatic nitrogens is 4. The van der Waals surface area contributed by atoms with Crippen LogP contribution < -0.4 is 9.47 Å². The molecule has 3 aromatic heterocycles. The van der Waals surface area contributed by atoms with E-state index in [1.165, 1.54) is 0 Å². The summed E-state index contributed by atoms with van der Waals surface area (Å²) in [4.78, 5) is 15.4. The Morgan fingerprint density at radius 3 is 2.81 bits per heavy atom. The molecule has 4 aromatic rings. The topological polar surface area (TPSA) is 73.9 Å². The molecule has 5 rings (SSSR count). The van der Waals surface area contributed by atoms with Gasteiger partial charge in [-0.15, -0.1) is 10.2 Å². The number of nitrogens with zero attached hydrogens (tertiary/aromatic N) is 5. The second-order valence-corrected chi connectivity index (χ2v) is 7.93. The number of amides is 1. The van der Waals surface area contributed by atoms with E-state index in [2.05, 4.69) is 10.2 Å². The molecule has 0 N–H and O–H groups in total. The minimum atomic E-state index is 0.0123. The molecular formula is C23H25N5O3. The molecule has 1 amide bonds. The predicted octanol–water partition coefficient (Wildman–Crippen LogP) is 3.26. The Balaban J connectivity index is 1.47. The van der Waals surface area contributed by atoms with Crippen molar-refractivity contribution < 1.29 is 14.3 Å². The maximum absolute atomic E-state index is 13.5. The Morgan fingerprint density at radius 2 is 2.00 bits per heavy atom. The van der Waals surface area contributed by atoms with E-state index < -0.39 is 0 Å². The summed E-state index contributed by atoms with van der Waals surface area (Å²) < 4.78 is 14.9. The summed E-state index contributed by atoms with van der Waals surface area (Å²) in [6.07, 6.45) is 3.90. The van der Waals surface area contributed by atoms with Crippen molar-refractivity contribution in [2.45, 2.75) is 18.8 Å². The zero-order chi connectivity index (χ0) is 21.5. The van der Waals surface area contributed by atoms with E-state index in [4.69, 9.17) is 9.47 Å². The summed E-state index contributed by atoms with van der Waals surface area (Å²) in [6, 6.07) is 11.5. The number of carbonyl (C=O) groups excluding carboxylic acids is 1. The zero-order valence-electron chi connectivity index (χ0n) is 17.9.